The molecule has 2 bridgehead atoms. The number of ketones is 1. The fourth-order valence-electron chi connectivity index (χ4n) is 13.0. The predicted octanol–water partition coefficient (Wildman–Crippen LogP) is 9.11. The molecule has 6 aliphatic rings. The number of ether oxygens (including phenoxy) is 2. The molecule has 62 heavy (non-hydrogen) atoms. The third-order valence-electron chi connectivity index (χ3n) is 15.5. The lowest BCUT2D eigenvalue weighted by atomic mass is 9.42. The van der Waals surface area contributed by atoms with Gasteiger partial charge in [-0.2, -0.15) is 6.20 Å². The summed E-state index contributed by atoms with van der Waals surface area (Å²) in [7, 11) is 0. The number of phenolic OH excluding ortho intramolecular Hbond substituents is 4. The molecule has 0 amide bonds. The van der Waals surface area contributed by atoms with E-state index in [9.17, 15) is 30.3 Å². The van der Waals surface area contributed by atoms with Crippen LogP contribution >= 0.6 is 0 Å². The predicted molar refractivity (Wildman–Crippen MR) is 235 cm³/mol. The van der Waals surface area contributed by atoms with E-state index in [4.69, 9.17) is 20.2 Å². The average molecular weight is 836 g/mol. The molecule has 322 valence electrons. The normalized spacial score (nSPS) is 25.6. The zero-order chi connectivity index (χ0) is 42.8. The Labute approximate surface area is 362 Å². The number of hydrogen-bond acceptors (Lipinski definition) is 9. The van der Waals surface area contributed by atoms with Gasteiger partial charge < -0.3 is 40.0 Å². The number of rotatable bonds is 12. The van der Waals surface area contributed by atoms with E-state index in [1.807, 2.05) is 12.3 Å². The molecule has 10 heteroatoms. The number of nitrogens with two attached hydrogens (primary N) is 1. The molecule has 0 unspecified atom stereocenters. The van der Waals surface area contributed by atoms with Gasteiger partial charge in [0.05, 0.1) is 6.10 Å². The number of aryl methyl sites for hydroxylation is 1. The Bertz CT molecular complexity index is 2540. The van der Waals surface area contributed by atoms with Crippen LogP contribution in [0.25, 0.3) is 11.3 Å². The van der Waals surface area contributed by atoms with Crippen molar-refractivity contribution in [3.63, 3.8) is 0 Å². The fourth-order valence-corrected chi connectivity index (χ4v) is 13.0. The molecule has 1 spiro atoms. The first-order chi connectivity index (χ1) is 30.1. The van der Waals surface area contributed by atoms with Gasteiger partial charge in [0.15, 0.2) is 23.0 Å². The number of Topliss-reactive ketones (excluding diaryl/α,β-unsaturated/α-hetero) is 1. The monoisotopic (exact) mass is 835 g/mol. The van der Waals surface area contributed by atoms with E-state index in [-0.39, 0.29) is 101 Å². The molecular formula is C52H55N2O8-. The van der Waals surface area contributed by atoms with Crippen LogP contribution in [0.5, 0.6) is 34.5 Å². The molecule has 7 atom stereocenters. The van der Waals surface area contributed by atoms with E-state index in [2.05, 4.69) is 42.5 Å². The zero-order valence-electron chi connectivity index (χ0n) is 34.9. The fraction of sp³-hybridized carbons (Fsp3) is 0.404. The molecule has 6 aliphatic carbocycles. The van der Waals surface area contributed by atoms with Gasteiger partial charge in [-0.05, 0) is 126 Å². The maximum absolute atomic E-state index is 13.9. The van der Waals surface area contributed by atoms with Crippen molar-refractivity contribution >= 4 is 5.78 Å². The van der Waals surface area contributed by atoms with Gasteiger partial charge in [0.25, 0.3) is 0 Å². The van der Waals surface area contributed by atoms with Crippen LogP contribution in [0.3, 0.4) is 0 Å². The lowest BCUT2D eigenvalue weighted by Crippen LogP contribution is -2.54. The van der Waals surface area contributed by atoms with Crippen LogP contribution in [0.4, 0.5) is 0 Å². The summed E-state index contributed by atoms with van der Waals surface area (Å²) in [4.78, 5) is 18.9. The van der Waals surface area contributed by atoms with Crippen LogP contribution in [0.1, 0.15) is 115 Å². The minimum absolute atomic E-state index is 0.0249. The van der Waals surface area contributed by atoms with E-state index in [1.165, 1.54) is 42.9 Å². The highest BCUT2D eigenvalue weighted by atomic mass is 16.5. The highest BCUT2D eigenvalue weighted by molar-refractivity contribution is 5.79. The second-order valence-corrected chi connectivity index (χ2v) is 18.7. The van der Waals surface area contributed by atoms with Crippen molar-refractivity contribution < 1.29 is 39.8 Å². The molecule has 4 aromatic carbocycles. The summed E-state index contributed by atoms with van der Waals surface area (Å²) in [6.07, 6.45) is 14.4. The van der Waals surface area contributed by atoms with Gasteiger partial charge >= 0.3 is 0 Å². The summed E-state index contributed by atoms with van der Waals surface area (Å²) < 4.78 is 11.8. The number of aromatic nitrogens is 1. The second kappa shape index (κ2) is 15.9. The summed E-state index contributed by atoms with van der Waals surface area (Å²) in [5, 5.41) is 56.2. The number of aliphatic hydroxyl groups excluding tert-OH is 1. The number of aliphatic hydroxyl groups is 1. The number of carbonyl (C=O) groups is 1. The Kier molecular flexibility index (Phi) is 10.3. The second-order valence-electron chi connectivity index (χ2n) is 18.7. The van der Waals surface area contributed by atoms with Crippen molar-refractivity contribution in [2.45, 2.75) is 107 Å². The van der Waals surface area contributed by atoms with E-state index in [0.29, 0.717) is 12.0 Å². The highest BCUT2D eigenvalue weighted by Crippen LogP contribution is 2.72. The molecule has 2 fully saturated rings. The van der Waals surface area contributed by atoms with Crippen molar-refractivity contribution in [1.29, 1.82) is 0 Å². The van der Waals surface area contributed by atoms with Crippen molar-refractivity contribution in [3.05, 3.63) is 131 Å². The highest BCUT2D eigenvalue weighted by Gasteiger charge is 2.62. The molecule has 0 aliphatic heterocycles. The Hall–Kier alpha value is -5.71. The van der Waals surface area contributed by atoms with Gasteiger partial charge in [0.1, 0.15) is 24.9 Å². The van der Waals surface area contributed by atoms with Gasteiger partial charge in [-0.3, -0.25) is 10.5 Å². The van der Waals surface area contributed by atoms with Crippen LogP contribution in [0.2, 0.25) is 0 Å². The van der Waals surface area contributed by atoms with Gasteiger partial charge in [0.2, 0.25) is 5.75 Å². The van der Waals surface area contributed by atoms with E-state index in [0.717, 1.165) is 53.6 Å². The first-order valence-corrected chi connectivity index (χ1v) is 22.3. The van der Waals surface area contributed by atoms with Gasteiger partial charge in [-0.1, -0.05) is 79.1 Å². The van der Waals surface area contributed by atoms with E-state index < -0.39 is 12.0 Å². The number of phenols is 4. The van der Waals surface area contributed by atoms with Crippen LogP contribution in [-0.2, 0) is 23.2 Å². The van der Waals surface area contributed by atoms with Crippen molar-refractivity contribution in [2.75, 3.05) is 6.73 Å². The summed E-state index contributed by atoms with van der Waals surface area (Å²) in [6, 6.07) is 24.5. The Morgan fingerprint density at radius 3 is 2.53 bits per heavy atom. The maximum atomic E-state index is 13.9. The average Bonchev–Trinajstić information content (AvgIpc) is 3.87. The van der Waals surface area contributed by atoms with Crippen molar-refractivity contribution in [3.8, 4) is 45.8 Å². The SMILES string of the molecule is NCOc1cc(CCC(=O)C[C@H](O)[C@@H]2C=C[C@H]3C[C@H]([C@]45CC6(CCCC6)CC[C@@H]4c4cc[n-]c4-c4ccccc45)[C@@H]2c2cc(O)c(O)c(OCc4cccc(O)c4)c23)ccc1O. The van der Waals surface area contributed by atoms with Gasteiger partial charge in [-0.25, -0.2) is 0 Å². The molecule has 7 N–H and O–H groups in total. The number of benzene rings is 4. The zero-order valence-corrected chi connectivity index (χ0v) is 34.9. The van der Waals surface area contributed by atoms with Crippen LogP contribution in [0.15, 0.2) is 97.2 Å². The Morgan fingerprint density at radius 1 is 0.871 bits per heavy atom. The largest absolute Gasteiger partial charge is 0.663 e. The van der Waals surface area contributed by atoms with Crippen LogP contribution < -0.4 is 20.2 Å². The number of aromatic hydroxyl groups is 4. The molecule has 1 heterocycles. The summed E-state index contributed by atoms with van der Waals surface area (Å²) in [6.45, 7) is -0.0380. The van der Waals surface area contributed by atoms with Crippen molar-refractivity contribution in [1.82, 2.24) is 4.98 Å². The molecule has 10 nitrogen and oxygen atoms in total. The smallest absolute Gasteiger partial charge is 0.200 e. The molecule has 0 saturated heterocycles. The Morgan fingerprint density at radius 2 is 1.71 bits per heavy atom. The van der Waals surface area contributed by atoms with Crippen molar-refractivity contribution in [2.24, 2.45) is 23.0 Å². The van der Waals surface area contributed by atoms with E-state index in [1.54, 1.807) is 36.4 Å². The minimum Gasteiger partial charge on any atom is -0.663 e. The molecule has 2 saturated carbocycles. The standard InChI is InChI=1S/C52H55N2O8/c53-29-62-45-23-30(11-15-42(45)57)10-13-34(56)25-43(58)37-14-12-32-24-41(47(37)38-26-44(59)49(60)50(46(32)38)61-27-31-6-5-7-33(55)22-31)52-28-51(18-3-4-19-51)20-16-40(52)36-17-21-54-48(36)35-8-1-2-9-39(35)52/h1-2,5-9,11-12,14-15,17,21-23,26,32,37,40-41,43,47,55,57-60H,3-4,10,13,16,18-20,24-25,27-29,53H2/q-1/t32-,37-,40+,41-,43-,47-,52-/m0/s1. The lowest BCUT2D eigenvalue weighted by Gasteiger charge is -2.61. The van der Waals surface area contributed by atoms with Crippen LogP contribution in [-0.4, -0.2) is 44.2 Å². The number of hydrogen-bond donors (Lipinski definition) is 6. The van der Waals surface area contributed by atoms with E-state index >= 15 is 0 Å². The van der Waals surface area contributed by atoms with Gasteiger partial charge in [-0.15, -0.1) is 5.69 Å². The number of fused-ring (bicyclic) bond motifs is 9. The topological polar surface area (TPSA) is 177 Å². The van der Waals surface area contributed by atoms with Gasteiger partial charge in [0, 0.05) is 35.7 Å². The number of allylic oxidation sites excluding steroid dienone is 1. The quantitative estimate of drug-likeness (QED) is 0.0404. The third-order valence-corrected chi connectivity index (χ3v) is 15.5. The lowest BCUT2D eigenvalue weighted by molar-refractivity contribution is -0.121. The third kappa shape index (κ3) is 6.74. The molecule has 11 rings (SSSR count). The molecule has 1 aromatic heterocycles. The molecule has 5 aromatic rings. The minimum atomic E-state index is -1.05. The molecule has 0 radical (unpaired) electrons. The maximum Gasteiger partial charge on any atom is 0.200 e. The number of nitrogens with zero attached hydrogens (tertiary/aromatic N) is 1. The summed E-state index contributed by atoms with van der Waals surface area (Å²) >= 11 is 0. The summed E-state index contributed by atoms with van der Waals surface area (Å²) in [5.41, 5.74) is 13.3. The Balaban J connectivity index is 1.08. The first-order valence-electron chi connectivity index (χ1n) is 22.3. The molecular weight excluding hydrogens is 781 g/mol. The first kappa shape index (κ1) is 40.4. The number of carbonyl (C=O) groups excluding carboxylic acids is 1. The van der Waals surface area contributed by atoms with Crippen LogP contribution in [0, 0.1) is 17.3 Å². The summed E-state index contributed by atoms with van der Waals surface area (Å²) in [5.74, 6) is -1.12.